The fraction of sp³-hybridized carbons (Fsp3) is 0.477. The van der Waals surface area contributed by atoms with Gasteiger partial charge in [0.1, 0.15) is 17.4 Å². The zero-order valence-electron chi connectivity index (χ0n) is 33.0. The molecule has 6 aliphatic rings. The maximum absolute atomic E-state index is 13.5. The molecule has 15 nitrogen and oxygen atoms in total. The van der Waals surface area contributed by atoms with Crippen LogP contribution in [0.15, 0.2) is 61.2 Å². The molecule has 4 aliphatic heterocycles. The molecule has 0 radical (unpaired) electrons. The number of nitrogens with one attached hydrogen (secondary N) is 2. The van der Waals surface area contributed by atoms with Gasteiger partial charge >= 0.3 is 0 Å². The first-order valence-electron chi connectivity index (χ1n) is 21.3. The van der Waals surface area contributed by atoms with E-state index in [1.165, 1.54) is 25.7 Å². The number of carbonyl (C=O) groups excluding carboxylic acids is 4. The van der Waals surface area contributed by atoms with Crippen LogP contribution in [0.4, 0.5) is 11.4 Å². The minimum atomic E-state index is -0.609. The number of hydrogen-bond donors (Lipinski definition) is 2. The second kappa shape index (κ2) is 14.2. The molecule has 5 fully saturated rings. The third-order valence-electron chi connectivity index (χ3n) is 13.8. The zero-order chi connectivity index (χ0) is 39.8. The monoisotopic (exact) mass is 796 g/mol. The Morgan fingerprint density at radius 3 is 2.66 bits per heavy atom. The Morgan fingerprint density at radius 2 is 1.83 bits per heavy atom. The SMILES string of the molecule is O=C1CCC(N2Cc3c(cccc3N3CC4(CCCN(C5CCC(n6cc7cc(NC(=O)c8cnn9cccnc89)c(OCC8CC8)cc7n6)CC5)C4)C3)C2=O)C(=O)N1. The highest BCUT2D eigenvalue weighted by Gasteiger charge is 2.49. The number of ether oxygens (including phenoxy) is 1. The average Bonchev–Trinajstić information content (AvgIpc) is 3.66. The molecule has 304 valence electrons. The molecule has 1 unspecified atom stereocenters. The van der Waals surface area contributed by atoms with Gasteiger partial charge in [0, 0.05) is 90.9 Å². The number of imide groups is 1. The van der Waals surface area contributed by atoms with E-state index in [9.17, 15) is 19.2 Å². The van der Waals surface area contributed by atoms with Crippen LogP contribution < -0.4 is 20.3 Å². The van der Waals surface area contributed by atoms with Gasteiger partial charge < -0.3 is 19.9 Å². The number of carbonyl (C=O) groups is 4. The van der Waals surface area contributed by atoms with Crippen LogP contribution in [0.3, 0.4) is 0 Å². The summed E-state index contributed by atoms with van der Waals surface area (Å²) >= 11 is 0. The van der Waals surface area contributed by atoms with Crippen LogP contribution in [0.1, 0.15) is 96.5 Å². The Bertz CT molecular complexity index is 2510. The third kappa shape index (κ3) is 6.59. The Hall–Kier alpha value is -5.83. The van der Waals surface area contributed by atoms with Gasteiger partial charge in [-0.3, -0.25) is 34.1 Å². The first-order chi connectivity index (χ1) is 28.8. The van der Waals surface area contributed by atoms with Gasteiger partial charge in [-0.15, -0.1) is 0 Å². The van der Waals surface area contributed by atoms with Crippen molar-refractivity contribution in [3.8, 4) is 5.75 Å². The van der Waals surface area contributed by atoms with Gasteiger partial charge in [-0.25, -0.2) is 9.50 Å². The van der Waals surface area contributed by atoms with E-state index in [4.69, 9.17) is 9.84 Å². The van der Waals surface area contributed by atoms with Crippen molar-refractivity contribution in [1.29, 1.82) is 0 Å². The molecule has 1 spiro atoms. The van der Waals surface area contributed by atoms with Crippen LogP contribution in [0.5, 0.6) is 5.75 Å². The molecule has 3 aromatic heterocycles. The smallest absolute Gasteiger partial charge is 0.261 e. The second-order valence-electron chi connectivity index (χ2n) is 17.8. The number of aromatic nitrogens is 5. The Morgan fingerprint density at radius 1 is 0.983 bits per heavy atom. The van der Waals surface area contributed by atoms with Gasteiger partial charge in [-0.1, -0.05) is 6.07 Å². The molecule has 7 heterocycles. The van der Waals surface area contributed by atoms with E-state index < -0.39 is 6.04 Å². The lowest BCUT2D eigenvalue weighted by atomic mass is 9.72. The molecule has 2 N–H and O–H groups in total. The molecule has 3 saturated heterocycles. The highest BCUT2D eigenvalue weighted by molar-refractivity contribution is 6.09. The zero-order valence-corrected chi connectivity index (χ0v) is 33.0. The minimum Gasteiger partial charge on any atom is -0.491 e. The number of rotatable bonds is 9. The summed E-state index contributed by atoms with van der Waals surface area (Å²) in [7, 11) is 0. The fourth-order valence-corrected chi connectivity index (χ4v) is 10.4. The molecule has 15 heteroatoms. The van der Waals surface area contributed by atoms with Crippen molar-refractivity contribution in [2.45, 2.75) is 88.9 Å². The highest BCUT2D eigenvalue weighted by Crippen LogP contribution is 2.46. The lowest BCUT2D eigenvalue weighted by Gasteiger charge is -2.57. The highest BCUT2D eigenvalue weighted by atomic mass is 16.5. The van der Waals surface area contributed by atoms with Crippen molar-refractivity contribution >= 4 is 51.6 Å². The van der Waals surface area contributed by atoms with Crippen LogP contribution >= 0.6 is 0 Å². The van der Waals surface area contributed by atoms with E-state index in [0.717, 1.165) is 74.0 Å². The summed E-state index contributed by atoms with van der Waals surface area (Å²) in [6, 6.07) is 11.9. The van der Waals surface area contributed by atoms with Crippen molar-refractivity contribution in [2.75, 3.05) is 43.0 Å². The van der Waals surface area contributed by atoms with Gasteiger partial charge in [0.25, 0.3) is 11.8 Å². The number of nitrogens with zero attached hydrogens (tertiary/aromatic N) is 8. The number of piperidine rings is 2. The van der Waals surface area contributed by atoms with Gasteiger partial charge in [-0.2, -0.15) is 10.2 Å². The fourth-order valence-electron chi connectivity index (χ4n) is 10.4. The van der Waals surface area contributed by atoms with E-state index in [1.54, 1.807) is 34.1 Å². The summed E-state index contributed by atoms with van der Waals surface area (Å²) in [5, 5.41) is 15.8. The number of amides is 4. The first-order valence-corrected chi connectivity index (χ1v) is 21.3. The van der Waals surface area contributed by atoms with Gasteiger partial charge in [0.2, 0.25) is 11.8 Å². The Kier molecular flexibility index (Phi) is 8.71. The minimum absolute atomic E-state index is 0.122. The van der Waals surface area contributed by atoms with Crippen molar-refractivity contribution in [1.82, 2.24) is 39.5 Å². The molecular formula is C44H48N10O5. The normalized spacial score (nSPS) is 24.4. The van der Waals surface area contributed by atoms with Crippen LogP contribution in [0, 0.1) is 11.3 Å². The molecule has 5 aromatic rings. The molecule has 0 bridgehead atoms. The van der Waals surface area contributed by atoms with Gasteiger partial charge in [-0.05, 0) is 94.5 Å². The Labute approximate surface area is 341 Å². The van der Waals surface area contributed by atoms with E-state index in [2.05, 4.69) is 47.5 Å². The standard InChI is InChI=1S/C44H48N10O5/c55-39-13-12-37(42(57)48-39)52-22-33-31(43(52)58)4-1-5-36(33)51-25-44(26-51)14-2-16-50(24-44)29-8-10-30(11-9-29)54-21-28-18-35(38(19-34(28)49-54)59-23-27-6-7-27)47-41(56)32-20-46-53-17-3-15-45-40(32)53/h1,3-5,15,17-21,27,29-30,37H,2,6-14,16,22-26H2,(H,47,56)(H,48,55,57). The van der Waals surface area contributed by atoms with Crippen molar-refractivity contribution in [3.05, 3.63) is 77.9 Å². The average molecular weight is 797 g/mol. The van der Waals surface area contributed by atoms with Crippen LogP contribution in [0.2, 0.25) is 0 Å². The Balaban J connectivity index is 0.737. The lowest BCUT2D eigenvalue weighted by molar-refractivity contribution is -0.136. The largest absolute Gasteiger partial charge is 0.491 e. The van der Waals surface area contributed by atoms with E-state index >= 15 is 0 Å². The van der Waals surface area contributed by atoms with Crippen LogP contribution in [-0.4, -0.2) is 103 Å². The maximum atomic E-state index is 13.5. The summed E-state index contributed by atoms with van der Waals surface area (Å²) in [5.41, 5.74) is 5.38. The summed E-state index contributed by atoms with van der Waals surface area (Å²) in [6.45, 7) is 5.16. The molecule has 2 aromatic carbocycles. The third-order valence-corrected chi connectivity index (χ3v) is 13.8. The van der Waals surface area contributed by atoms with Crippen molar-refractivity contribution in [2.24, 2.45) is 11.3 Å². The summed E-state index contributed by atoms with van der Waals surface area (Å²) in [6.07, 6.45) is 16.8. The predicted octanol–water partition coefficient (Wildman–Crippen LogP) is 4.97. The molecule has 2 aliphatic carbocycles. The molecule has 4 amide bonds. The summed E-state index contributed by atoms with van der Waals surface area (Å²) < 4.78 is 10.0. The first kappa shape index (κ1) is 36.3. The van der Waals surface area contributed by atoms with E-state index in [0.29, 0.717) is 65.8 Å². The van der Waals surface area contributed by atoms with E-state index in [1.807, 2.05) is 24.3 Å². The molecule has 1 atom stereocenters. The number of benzene rings is 2. The van der Waals surface area contributed by atoms with Crippen LogP contribution in [-0.2, 0) is 16.1 Å². The lowest BCUT2D eigenvalue weighted by Crippen LogP contribution is -2.64. The van der Waals surface area contributed by atoms with E-state index in [-0.39, 0.29) is 35.5 Å². The van der Waals surface area contributed by atoms with Crippen molar-refractivity contribution in [3.63, 3.8) is 0 Å². The quantitative estimate of drug-likeness (QED) is 0.195. The molecular weight excluding hydrogens is 749 g/mol. The topological polar surface area (TPSA) is 159 Å². The maximum Gasteiger partial charge on any atom is 0.261 e. The van der Waals surface area contributed by atoms with Gasteiger partial charge in [0.15, 0.2) is 5.65 Å². The number of fused-ring (bicyclic) bond motifs is 3. The number of hydrogen-bond acceptors (Lipinski definition) is 10. The molecule has 2 saturated carbocycles. The van der Waals surface area contributed by atoms with Crippen LogP contribution in [0.25, 0.3) is 16.6 Å². The van der Waals surface area contributed by atoms with Crippen molar-refractivity contribution < 1.29 is 23.9 Å². The predicted molar refractivity (Wildman–Crippen MR) is 218 cm³/mol. The number of anilines is 2. The number of likely N-dealkylation sites (tertiary alicyclic amines) is 1. The summed E-state index contributed by atoms with van der Waals surface area (Å²) in [4.78, 5) is 62.6. The summed E-state index contributed by atoms with van der Waals surface area (Å²) in [5.74, 6) is 0.130. The second-order valence-corrected chi connectivity index (χ2v) is 17.8. The van der Waals surface area contributed by atoms with Gasteiger partial charge in [0.05, 0.1) is 30.0 Å². The molecule has 11 rings (SSSR count). The molecule has 59 heavy (non-hydrogen) atoms.